The molecule has 6 nitrogen and oxygen atoms in total. The summed E-state index contributed by atoms with van der Waals surface area (Å²) in [5.41, 5.74) is -2.41. The number of aromatic nitrogens is 1. The Balaban J connectivity index is 3.24. The van der Waals surface area contributed by atoms with Gasteiger partial charge in [-0.2, -0.15) is 22.0 Å². The number of aliphatic hydroxyl groups is 2. The Kier molecular flexibility index (Phi) is 3.47. The van der Waals surface area contributed by atoms with Crippen LogP contribution in [0.15, 0.2) is 18.3 Å². The van der Waals surface area contributed by atoms with E-state index in [1.807, 2.05) is 0 Å². The highest BCUT2D eigenvalue weighted by Crippen LogP contribution is 2.45. The predicted octanol–water partition coefficient (Wildman–Crippen LogP) is 1.32. The van der Waals surface area contributed by atoms with E-state index < -0.39 is 34.2 Å². The molecule has 1 aromatic rings. The molecule has 0 radical (unpaired) electrons. The van der Waals surface area contributed by atoms with E-state index in [1.54, 1.807) is 0 Å². The van der Waals surface area contributed by atoms with Crippen LogP contribution >= 0.6 is 0 Å². The maximum absolute atomic E-state index is 13.3. The number of rotatable bonds is 3. The van der Waals surface area contributed by atoms with Gasteiger partial charge in [0.05, 0.1) is 4.92 Å². The molecule has 1 aromatic heterocycles. The number of alkyl halides is 5. The summed E-state index contributed by atoms with van der Waals surface area (Å²) < 4.78 is 62.9. The van der Waals surface area contributed by atoms with Crippen LogP contribution in [0.1, 0.15) is 5.69 Å². The van der Waals surface area contributed by atoms with Gasteiger partial charge in [0.1, 0.15) is 11.9 Å². The molecular weight excluding hydrogens is 283 g/mol. The molecule has 0 saturated carbocycles. The molecule has 0 unspecified atom stereocenters. The van der Waals surface area contributed by atoms with Gasteiger partial charge in [0, 0.05) is 6.07 Å². The van der Waals surface area contributed by atoms with Gasteiger partial charge in [-0.3, -0.25) is 10.1 Å². The summed E-state index contributed by atoms with van der Waals surface area (Å²) in [7, 11) is 0. The molecule has 0 amide bonds. The van der Waals surface area contributed by atoms with Crippen molar-refractivity contribution in [3.05, 3.63) is 34.1 Å². The van der Waals surface area contributed by atoms with Crippen molar-refractivity contribution in [2.75, 3.05) is 0 Å². The average molecular weight is 288 g/mol. The fraction of sp³-hybridized carbons (Fsp3) is 0.375. The molecule has 0 atom stereocenters. The number of hydrogen-bond acceptors (Lipinski definition) is 5. The summed E-state index contributed by atoms with van der Waals surface area (Å²) in [6, 6.07) is 0.660. The van der Waals surface area contributed by atoms with Crippen LogP contribution in [0.2, 0.25) is 0 Å². The van der Waals surface area contributed by atoms with Gasteiger partial charge in [0.2, 0.25) is 0 Å². The summed E-state index contributed by atoms with van der Waals surface area (Å²) in [5.74, 6) is -10.5. The average Bonchev–Trinajstić information content (AvgIpc) is 2.27. The molecule has 0 aliphatic carbocycles. The molecule has 0 saturated heterocycles. The maximum Gasteiger partial charge on any atom is 0.449 e. The van der Waals surface area contributed by atoms with Crippen molar-refractivity contribution in [1.29, 1.82) is 0 Å². The first-order chi connectivity index (χ1) is 8.41. The summed E-state index contributed by atoms with van der Waals surface area (Å²) in [5, 5.41) is 27.3. The molecular formula is C8H5F5N2O4. The van der Waals surface area contributed by atoms with E-state index in [-0.39, 0.29) is 12.3 Å². The van der Waals surface area contributed by atoms with Gasteiger partial charge in [0.15, 0.2) is 0 Å². The van der Waals surface area contributed by atoms with Crippen molar-refractivity contribution in [3.8, 4) is 0 Å². The lowest BCUT2D eigenvalue weighted by molar-refractivity contribution is -0.422. The zero-order valence-corrected chi connectivity index (χ0v) is 8.73. The molecule has 0 aliphatic rings. The highest BCUT2D eigenvalue weighted by atomic mass is 19.4. The van der Waals surface area contributed by atoms with Crippen LogP contribution in [-0.4, -0.2) is 32.1 Å². The Bertz CT molecular complexity index is 485. The third-order valence-corrected chi connectivity index (χ3v) is 2.11. The topological polar surface area (TPSA) is 96.5 Å². The zero-order chi connectivity index (χ0) is 15.1. The summed E-state index contributed by atoms with van der Waals surface area (Å²) >= 11 is 0. The summed E-state index contributed by atoms with van der Waals surface area (Å²) in [6.45, 7) is 0. The van der Waals surface area contributed by atoms with E-state index >= 15 is 0 Å². The minimum atomic E-state index is -6.04. The van der Waals surface area contributed by atoms with Crippen molar-refractivity contribution in [2.24, 2.45) is 0 Å². The third kappa shape index (κ3) is 2.46. The monoisotopic (exact) mass is 288 g/mol. The van der Waals surface area contributed by atoms with Gasteiger partial charge in [-0.25, -0.2) is 4.98 Å². The molecule has 0 spiro atoms. The minimum Gasteiger partial charge on any atom is -0.354 e. The predicted molar refractivity (Wildman–Crippen MR) is 48.0 cm³/mol. The van der Waals surface area contributed by atoms with E-state index in [1.165, 1.54) is 0 Å². The van der Waals surface area contributed by atoms with Crippen LogP contribution in [0, 0.1) is 10.1 Å². The van der Waals surface area contributed by atoms with Crippen LogP contribution in [0.25, 0.3) is 0 Å². The van der Waals surface area contributed by atoms with Crippen molar-refractivity contribution in [3.63, 3.8) is 0 Å². The molecule has 0 bridgehead atoms. The number of pyridine rings is 1. The van der Waals surface area contributed by atoms with Crippen LogP contribution in [0.5, 0.6) is 0 Å². The van der Waals surface area contributed by atoms with Gasteiger partial charge >= 0.3 is 17.9 Å². The maximum atomic E-state index is 13.3. The van der Waals surface area contributed by atoms with E-state index in [9.17, 15) is 32.1 Å². The van der Waals surface area contributed by atoms with Gasteiger partial charge in [-0.15, -0.1) is 0 Å². The lowest BCUT2D eigenvalue weighted by Crippen LogP contribution is -2.57. The second-order valence-corrected chi connectivity index (χ2v) is 3.40. The van der Waals surface area contributed by atoms with E-state index in [0.717, 1.165) is 0 Å². The quantitative estimate of drug-likeness (QED) is 0.378. The fourth-order valence-electron chi connectivity index (χ4n) is 1.04. The van der Waals surface area contributed by atoms with Crippen LogP contribution < -0.4 is 0 Å². The molecule has 106 valence electrons. The Morgan fingerprint density at radius 1 is 1.16 bits per heavy atom. The Hall–Kier alpha value is -1.88. The van der Waals surface area contributed by atoms with E-state index in [2.05, 4.69) is 4.98 Å². The highest BCUT2D eigenvalue weighted by Gasteiger charge is 2.70. The summed E-state index contributed by atoms with van der Waals surface area (Å²) in [4.78, 5) is 11.9. The second-order valence-electron chi connectivity index (χ2n) is 3.40. The van der Waals surface area contributed by atoms with Gasteiger partial charge in [-0.05, 0) is 6.07 Å². The first kappa shape index (κ1) is 15.2. The number of nitro groups is 1. The van der Waals surface area contributed by atoms with Crippen LogP contribution in [-0.2, 0) is 5.92 Å². The zero-order valence-electron chi connectivity index (χ0n) is 8.73. The van der Waals surface area contributed by atoms with Crippen LogP contribution in [0.4, 0.5) is 27.6 Å². The van der Waals surface area contributed by atoms with Crippen molar-refractivity contribution in [2.45, 2.75) is 17.9 Å². The minimum absolute atomic E-state index is 0.199. The lowest BCUT2D eigenvalue weighted by Gasteiger charge is -2.31. The second kappa shape index (κ2) is 4.35. The molecule has 11 heteroatoms. The molecule has 1 rings (SSSR count). The standard InChI is InChI=1S/C8H5F5N2O4/c9-6(10,7(16,17)8(11,12)13)5-2-1-4(3-14-5)15(18)19/h1-3,16-17H. The molecule has 2 N–H and O–H groups in total. The molecule has 0 fully saturated rings. The Morgan fingerprint density at radius 3 is 2.00 bits per heavy atom. The normalized spacial score (nSPS) is 13.4. The Labute approximate surface area is 101 Å². The molecule has 19 heavy (non-hydrogen) atoms. The van der Waals surface area contributed by atoms with Crippen molar-refractivity contribution in [1.82, 2.24) is 4.98 Å². The highest BCUT2D eigenvalue weighted by molar-refractivity contribution is 5.29. The van der Waals surface area contributed by atoms with E-state index in [0.29, 0.717) is 6.07 Å². The lowest BCUT2D eigenvalue weighted by atomic mass is 10.0. The largest absolute Gasteiger partial charge is 0.449 e. The molecule has 1 heterocycles. The smallest absolute Gasteiger partial charge is 0.354 e. The van der Waals surface area contributed by atoms with Gasteiger partial charge in [-0.1, -0.05) is 0 Å². The van der Waals surface area contributed by atoms with Crippen molar-refractivity contribution < 1.29 is 37.1 Å². The van der Waals surface area contributed by atoms with Crippen LogP contribution in [0.3, 0.4) is 0 Å². The van der Waals surface area contributed by atoms with Gasteiger partial charge < -0.3 is 10.2 Å². The van der Waals surface area contributed by atoms with Gasteiger partial charge in [0.25, 0.3) is 5.69 Å². The molecule has 0 aliphatic heterocycles. The first-order valence-corrected chi connectivity index (χ1v) is 4.41. The number of hydrogen-bond donors (Lipinski definition) is 2. The number of halogens is 5. The van der Waals surface area contributed by atoms with Crippen molar-refractivity contribution >= 4 is 5.69 Å². The first-order valence-electron chi connectivity index (χ1n) is 4.41. The SMILES string of the molecule is O=[N+]([O-])c1ccc(C(F)(F)C(O)(O)C(F)(F)F)nc1. The molecule has 0 aromatic carbocycles. The third-order valence-electron chi connectivity index (χ3n) is 2.11. The number of nitrogens with zero attached hydrogens (tertiary/aromatic N) is 2. The van der Waals surface area contributed by atoms with E-state index in [4.69, 9.17) is 10.2 Å². The summed E-state index contributed by atoms with van der Waals surface area (Å²) in [6.07, 6.45) is -5.77. The fourth-order valence-corrected chi connectivity index (χ4v) is 1.04. The Morgan fingerprint density at radius 2 is 1.68 bits per heavy atom.